The van der Waals surface area contributed by atoms with Crippen molar-refractivity contribution in [1.82, 2.24) is 19.7 Å². The molecule has 38 heavy (non-hydrogen) atoms. The molecule has 0 unspecified atom stereocenters. The second-order valence-electron chi connectivity index (χ2n) is 9.00. The van der Waals surface area contributed by atoms with Crippen molar-refractivity contribution in [3.05, 3.63) is 77.7 Å². The van der Waals surface area contributed by atoms with E-state index in [0.29, 0.717) is 41.8 Å². The van der Waals surface area contributed by atoms with E-state index in [1.165, 1.54) is 0 Å². The molecule has 0 saturated heterocycles. The van der Waals surface area contributed by atoms with Gasteiger partial charge in [-0.15, -0.1) is 0 Å². The van der Waals surface area contributed by atoms with Crippen molar-refractivity contribution >= 4 is 17.5 Å². The molecule has 10 heteroatoms. The lowest BCUT2D eigenvalue weighted by molar-refractivity contribution is 0.265. The first kappa shape index (κ1) is 25.2. The third-order valence-corrected chi connectivity index (χ3v) is 6.43. The summed E-state index contributed by atoms with van der Waals surface area (Å²) < 4.78 is 7.78. The normalized spacial score (nSPS) is 15.3. The van der Waals surface area contributed by atoms with E-state index in [0.717, 1.165) is 41.6 Å². The Hall–Kier alpha value is -4.46. The van der Waals surface area contributed by atoms with Crippen LogP contribution in [0.5, 0.6) is 5.75 Å². The van der Waals surface area contributed by atoms with Crippen molar-refractivity contribution in [1.29, 1.82) is 5.26 Å². The second kappa shape index (κ2) is 11.7. The topological polar surface area (TPSA) is 141 Å². The summed E-state index contributed by atoms with van der Waals surface area (Å²) in [4.78, 5) is 9.30. The van der Waals surface area contributed by atoms with Crippen LogP contribution >= 0.6 is 0 Å². The molecule has 1 aliphatic rings. The number of para-hydroxylation sites is 1. The third-order valence-electron chi connectivity index (χ3n) is 6.43. The fourth-order valence-electron chi connectivity index (χ4n) is 4.49. The van der Waals surface area contributed by atoms with Crippen LogP contribution in [0.4, 0.5) is 17.5 Å². The number of nitrogens with zero attached hydrogens (tertiary/aromatic N) is 5. The quantitative estimate of drug-likeness (QED) is 0.322. The molecule has 4 aromatic rings. The molecule has 1 atom stereocenters. The number of aryl methyl sites for hydroxylation is 1. The molecule has 2 aromatic heterocycles. The summed E-state index contributed by atoms with van der Waals surface area (Å²) in [6.07, 6.45) is 7.63. The van der Waals surface area contributed by atoms with Crippen LogP contribution in [0.3, 0.4) is 0 Å². The fraction of sp³-hybridized carbons (Fsp3) is 0.286. The first-order valence-corrected chi connectivity index (χ1v) is 12.6. The van der Waals surface area contributed by atoms with Crippen molar-refractivity contribution in [3.8, 4) is 22.9 Å². The molecule has 1 aliphatic heterocycles. The van der Waals surface area contributed by atoms with Gasteiger partial charge in [-0.1, -0.05) is 18.2 Å². The van der Waals surface area contributed by atoms with Crippen molar-refractivity contribution in [2.75, 3.05) is 30.5 Å². The largest absolute Gasteiger partial charge is 0.493 e. The number of hydrogen-bond donors (Lipinski definition) is 4. The molecule has 5 rings (SSSR count). The Morgan fingerprint density at radius 1 is 1.13 bits per heavy atom. The average Bonchev–Trinajstić information content (AvgIpc) is 3.40. The monoisotopic (exact) mass is 511 g/mol. The van der Waals surface area contributed by atoms with Crippen LogP contribution in [-0.2, 0) is 13.0 Å². The molecule has 0 aliphatic carbocycles. The lowest BCUT2D eigenvalue weighted by Gasteiger charge is -2.22. The molecular formula is C28H29N7O3. The van der Waals surface area contributed by atoms with Crippen LogP contribution in [0.15, 0.2) is 61.1 Å². The Morgan fingerprint density at radius 2 is 2.03 bits per heavy atom. The van der Waals surface area contributed by atoms with Gasteiger partial charge in [0.25, 0.3) is 0 Å². The molecule has 4 N–H and O–H groups in total. The number of aromatic nitrogens is 4. The van der Waals surface area contributed by atoms with Crippen LogP contribution in [0.1, 0.15) is 35.6 Å². The molecule has 0 radical (unpaired) electrons. The van der Waals surface area contributed by atoms with E-state index in [1.807, 2.05) is 42.6 Å². The molecule has 0 fully saturated rings. The summed E-state index contributed by atoms with van der Waals surface area (Å²) in [5.41, 5.74) is 4.65. The highest BCUT2D eigenvalue weighted by atomic mass is 16.5. The summed E-state index contributed by atoms with van der Waals surface area (Å²) in [6, 6.07) is 15.0. The fourth-order valence-corrected chi connectivity index (χ4v) is 4.49. The van der Waals surface area contributed by atoms with Crippen LogP contribution < -0.4 is 15.4 Å². The average molecular weight is 512 g/mol. The van der Waals surface area contributed by atoms with E-state index in [4.69, 9.17) is 9.72 Å². The van der Waals surface area contributed by atoms with E-state index in [-0.39, 0.29) is 13.2 Å². The number of anilines is 3. The number of hydrogen-bond acceptors (Lipinski definition) is 9. The van der Waals surface area contributed by atoms with E-state index < -0.39 is 6.04 Å². The number of ether oxygens (including phenoxy) is 1. The van der Waals surface area contributed by atoms with Gasteiger partial charge >= 0.3 is 0 Å². The highest BCUT2D eigenvalue weighted by Crippen LogP contribution is 2.33. The predicted octanol–water partition coefficient (Wildman–Crippen LogP) is 3.81. The molecule has 2 aromatic carbocycles. The van der Waals surface area contributed by atoms with Crippen LogP contribution in [0.2, 0.25) is 0 Å². The number of nitriles is 1. The summed E-state index contributed by atoms with van der Waals surface area (Å²) in [6.45, 7) is 0.674. The van der Waals surface area contributed by atoms with Gasteiger partial charge in [0, 0.05) is 34.8 Å². The van der Waals surface area contributed by atoms with E-state index in [2.05, 4.69) is 26.8 Å². The summed E-state index contributed by atoms with van der Waals surface area (Å²) >= 11 is 0. The molecule has 0 spiro atoms. The zero-order valence-corrected chi connectivity index (χ0v) is 20.8. The number of nitrogens with one attached hydrogen (secondary N) is 2. The number of fused-ring (bicyclic) bond motifs is 5. The molecule has 10 nitrogen and oxygen atoms in total. The zero-order valence-electron chi connectivity index (χ0n) is 20.8. The first-order chi connectivity index (χ1) is 18.7. The van der Waals surface area contributed by atoms with Gasteiger partial charge in [-0.2, -0.15) is 15.3 Å². The number of benzene rings is 2. The number of rotatable bonds is 4. The van der Waals surface area contributed by atoms with Gasteiger partial charge < -0.3 is 25.6 Å². The summed E-state index contributed by atoms with van der Waals surface area (Å²) in [5, 5.41) is 40.2. The molecule has 3 heterocycles. The van der Waals surface area contributed by atoms with Crippen LogP contribution in [0, 0.1) is 11.3 Å². The highest BCUT2D eigenvalue weighted by molar-refractivity contribution is 5.75. The summed E-state index contributed by atoms with van der Waals surface area (Å²) in [7, 11) is 0. The van der Waals surface area contributed by atoms with Gasteiger partial charge in [0.2, 0.25) is 5.95 Å². The van der Waals surface area contributed by atoms with E-state index in [9.17, 15) is 15.5 Å². The maximum atomic E-state index is 10.4. The zero-order chi connectivity index (χ0) is 26.3. The third kappa shape index (κ3) is 5.59. The Labute approximate surface area is 220 Å². The maximum absolute atomic E-state index is 10.4. The minimum atomic E-state index is -0.491. The van der Waals surface area contributed by atoms with Gasteiger partial charge in [-0.25, -0.2) is 4.98 Å². The van der Waals surface area contributed by atoms with Gasteiger partial charge in [-0.3, -0.25) is 4.68 Å². The minimum Gasteiger partial charge on any atom is -0.493 e. The summed E-state index contributed by atoms with van der Waals surface area (Å²) in [5.74, 6) is 1.56. The molecular weight excluding hydrogens is 482 g/mol. The predicted molar refractivity (Wildman–Crippen MR) is 143 cm³/mol. The second-order valence-corrected chi connectivity index (χ2v) is 9.00. The van der Waals surface area contributed by atoms with Crippen molar-refractivity contribution in [2.45, 2.75) is 31.8 Å². The van der Waals surface area contributed by atoms with Gasteiger partial charge in [-0.05, 0) is 49.1 Å². The van der Waals surface area contributed by atoms with Gasteiger partial charge in [0.15, 0.2) is 0 Å². The van der Waals surface area contributed by atoms with Gasteiger partial charge in [0.05, 0.1) is 50.2 Å². The highest BCUT2D eigenvalue weighted by Gasteiger charge is 2.20. The maximum Gasteiger partial charge on any atom is 0.229 e. The first-order valence-electron chi connectivity index (χ1n) is 12.6. The Balaban J connectivity index is 1.59. The molecule has 0 amide bonds. The lowest BCUT2D eigenvalue weighted by atomic mass is 10.0. The molecule has 4 bridgehead atoms. The number of aliphatic hydroxyl groups is 2. The Kier molecular flexibility index (Phi) is 7.78. The SMILES string of the molecule is N#Cc1ccc2cc1CCCCOc1ccccc1[C@@H](CO)Nc1nc(ncc1-c1cnn(CCO)c1)N2. The number of aliphatic hydroxyl groups excluding tert-OH is 2. The molecule has 0 saturated carbocycles. The lowest BCUT2D eigenvalue weighted by Crippen LogP contribution is -2.18. The smallest absolute Gasteiger partial charge is 0.229 e. The minimum absolute atomic E-state index is 0.0263. The Morgan fingerprint density at radius 3 is 2.87 bits per heavy atom. The van der Waals surface area contributed by atoms with Crippen molar-refractivity contribution in [2.24, 2.45) is 0 Å². The molecule has 194 valence electrons. The van der Waals surface area contributed by atoms with E-state index in [1.54, 1.807) is 23.1 Å². The standard InChI is InChI=1S/C28H29N7O3/c29-14-20-8-9-22-13-19(20)5-3-4-12-38-26-7-2-1-6-23(26)25(18-37)33-27-24(16-30-28(32-22)34-27)21-15-31-35(17-21)10-11-36/h1-2,6-9,13,15-17,25,36-37H,3-5,10-12,18H2,(H2,30,32,33,34)/t25-/m1/s1. The van der Waals surface area contributed by atoms with Crippen molar-refractivity contribution in [3.63, 3.8) is 0 Å². The van der Waals surface area contributed by atoms with Crippen molar-refractivity contribution < 1.29 is 14.9 Å². The van der Waals surface area contributed by atoms with Crippen LogP contribution in [-0.4, -0.2) is 49.8 Å². The van der Waals surface area contributed by atoms with Crippen LogP contribution in [0.25, 0.3) is 11.1 Å². The van der Waals surface area contributed by atoms with E-state index >= 15 is 0 Å². The Bertz CT molecular complexity index is 1450. The van der Waals surface area contributed by atoms with Gasteiger partial charge in [0.1, 0.15) is 11.6 Å².